The van der Waals surface area contributed by atoms with E-state index in [0.29, 0.717) is 12.1 Å². The highest BCUT2D eigenvalue weighted by Gasteiger charge is 2.20. The molecule has 2 aliphatic rings. The molecule has 0 spiro atoms. The Bertz CT molecular complexity index is 371. The molecule has 0 amide bonds. The van der Waals surface area contributed by atoms with Crippen molar-refractivity contribution in [1.82, 2.24) is 9.55 Å². The second-order valence-corrected chi connectivity index (χ2v) is 6.28. The number of anilines is 1. The van der Waals surface area contributed by atoms with Gasteiger partial charge in [0.05, 0.1) is 0 Å². The SMILES string of the molecule is c1cn(C2CCCC2)c(NC2CCCCCCC2)n1. The van der Waals surface area contributed by atoms with Gasteiger partial charge < -0.3 is 9.88 Å². The molecular formula is C16H27N3. The summed E-state index contributed by atoms with van der Waals surface area (Å²) in [5, 5.41) is 3.73. The summed E-state index contributed by atoms with van der Waals surface area (Å²) in [6, 6.07) is 1.33. The highest BCUT2D eigenvalue weighted by molar-refractivity contribution is 5.28. The van der Waals surface area contributed by atoms with Crippen LogP contribution < -0.4 is 5.32 Å². The summed E-state index contributed by atoms with van der Waals surface area (Å²) in [4.78, 5) is 4.56. The molecule has 19 heavy (non-hydrogen) atoms. The molecule has 1 aromatic heterocycles. The number of imidazole rings is 1. The van der Waals surface area contributed by atoms with Gasteiger partial charge >= 0.3 is 0 Å². The van der Waals surface area contributed by atoms with E-state index in [1.54, 1.807) is 0 Å². The predicted molar refractivity (Wildman–Crippen MR) is 79.5 cm³/mol. The smallest absolute Gasteiger partial charge is 0.203 e. The summed E-state index contributed by atoms with van der Waals surface area (Å²) in [7, 11) is 0. The number of nitrogens with one attached hydrogen (secondary N) is 1. The molecule has 2 fully saturated rings. The Hall–Kier alpha value is -0.990. The second kappa shape index (κ2) is 6.44. The lowest BCUT2D eigenvalue weighted by atomic mass is 9.97. The third-order valence-electron chi connectivity index (χ3n) is 4.83. The van der Waals surface area contributed by atoms with E-state index in [1.807, 2.05) is 6.20 Å². The summed E-state index contributed by atoms with van der Waals surface area (Å²) in [6.45, 7) is 0. The average Bonchev–Trinajstić information content (AvgIpc) is 3.02. The standard InChI is InChI=1S/C16H27N3/c1-2-4-8-14(9-5-3-1)18-16-17-12-13-19(16)15-10-6-7-11-15/h12-15H,1-11H2,(H,17,18). The van der Waals surface area contributed by atoms with Crippen LogP contribution in [-0.4, -0.2) is 15.6 Å². The second-order valence-electron chi connectivity index (χ2n) is 6.28. The van der Waals surface area contributed by atoms with Gasteiger partial charge in [0, 0.05) is 24.5 Å². The molecule has 1 heterocycles. The number of aromatic nitrogens is 2. The molecule has 3 heteroatoms. The number of nitrogens with zero attached hydrogens (tertiary/aromatic N) is 2. The molecule has 3 rings (SSSR count). The van der Waals surface area contributed by atoms with Crippen molar-refractivity contribution < 1.29 is 0 Å². The number of hydrogen-bond donors (Lipinski definition) is 1. The van der Waals surface area contributed by atoms with E-state index < -0.39 is 0 Å². The molecule has 0 bridgehead atoms. The zero-order chi connectivity index (χ0) is 12.9. The monoisotopic (exact) mass is 261 g/mol. The highest BCUT2D eigenvalue weighted by Crippen LogP contribution is 2.32. The van der Waals surface area contributed by atoms with Gasteiger partial charge in [0.25, 0.3) is 0 Å². The molecule has 0 radical (unpaired) electrons. The molecule has 0 aliphatic heterocycles. The first kappa shape index (κ1) is 13.0. The summed E-state index contributed by atoms with van der Waals surface area (Å²) in [6.07, 6.45) is 19.2. The zero-order valence-corrected chi connectivity index (χ0v) is 12.0. The molecule has 1 N–H and O–H groups in total. The van der Waals surface area contributed by atoms with Crippen LogP contribution >= 0.6 is 0 Å². The van der Waals surface area contributed by atoms with E-state index in [4.69, 9.17) is 0 Å². The predicted octanol–water partition coefficient (Wildman–Crippen LogP) is 4.52. The lowest BCUT2D eigenvalue weighted by molar-refractivity contribution is 0.462. The largest absolute Gasteiger partial charge is 0.353 e. The molecular weight excluding hydrogens is 234 g/mol. The maximum atomic E-state index is 4.56. The third kappa shape index (κ3) is 3.31. The van der Waals surface area contributed by atoms with Crippen LogP contribution in [-0.2, 0) is 0 Å². The van der Waals surface area contributed by atoms with Crippen LogP contribution in [0.4, 0.5) is 5.95 Å². The van der Waals surface area contributed by atoms with E-state index in [0.717, 1.165) is 5.95 Å². The van der Waals surface area contributed by atoms with Crippen LogP contribution in [0.5, 0.6) is 0 Å². The van der Waals surface area contributed by atoms with Gasteiger partial charge in [0.15, 0.2) is 0 Å². The zero-order valence-electron chi connectivity index (χ0n) is 12.0. The fraction of sp³-hybridized carbons (Fsp3) is 0.812. The third-order valence-corrected chi connectivity index (χ3v) is 4.83. The number of rotatable bonds is 3. The molecule has 0 saturated heterocycles. The Labute approximate surface area is 116 Å². The van der Waals surface area contributed by atoms with E-state index >= 15 is 0 Å². The molecule has 106 valence electrons. The van der Waals surface area contributed by atoms with Gasteiger partial charge in [-0.15, -0.1) is 0 Å². The van der Waals surface area contributed by atoms with Gasteiger partial charge in [-0.1, -0.05) is 44.9 Å². The van der Waals surface area contributed by atoms with Crippen LogP contribution in [0.2, 0.25) is 0 Å². The molecule has 0 unspecified atom stereocenters. The van der Waals surface area contributed by atoms with Crippen LogP contribution in [0.1, 0.15) is 76.7 Å². The van der Waals surface area contributed by atoms with Crippen LogP contribution in [0.25, 0.3) is 0 Å². The first-order chi connectivity index (χ1) is 9.43. The fourth-order valence-corrected chi connectivity index (χ4v) is 3.68. The molecule has 2 aliphatic carbocycles. The fourth-order valence-electron chi connectivity index (χ4n) is 3.68. The van der Waals surface area contributed by atoms with Gasteiger partial charge in [-0.3, -0.25) is 0 Å². The first-order valence-electron chi connectivity index (χ1n) is 8.23. The Morgan fingerprint density at radius 1 is 0.895 bits per heavy atom. The molecule has 0 aromatic carbocycles. The van der Waals surface area contributed by atoms with Crippen LogP contribution in [0.15, 0.2) is 12.4 Å². The highest BCUT2D eigenvalue weighted by atomic mass is 15.2. The molecule has 3 nitrogen and oxygen atoms in total. The van der Waals surface area contributed by atoms with Crippen molar-refractivity contribution in [3.63, 3.8) is 0 Å². The number of hydrogen-bond acceptors (Lipinski definition) is 2. The van der Waals surface area contributed by atoms with E-state index in [9.17, 15) is 0 Å². The van der Waals surface area contributed by atoms with E-state index in [2.05, 4.69) is 21.1 Å². The van der Waals surface area contributed by atoms with Crippen LogP contribution in [0.3, 0.4) is 0 Å². The van der Waals surface area contributed by atoms with Gasteiger partial charge in [-0.2, -0.15) is 0 Å². The van der Waals surface area contributed by atoms with Crippen molar-refractivity contribution in [2.75, 3.05) is 5.32 Å². The Morgan fingerprint density at radius 2 is 1.53 bits per heavy atom. The Balaban J connectivity index is 1.63. The lowest BCUT2D eigenvalue weighted by Gasteiger charge is -2.23. The maximum absolute atomic E-state index is 4.56. The normalized spacial score (nSPS) is 23.2. The van der Waals surface area contributed by atoms with Gasteiger partial charge in [-0.05, 0) is 25.7 Å². The Kier molecular flexibility index (Phi) is 4.41. The topological polar surface area (TPSA) is 29.9 Å². The lowest BCUT2D eigenvalue weighted by Crippen LogP contribution is -2.23. The molecule has 1 aromatic rings. The summed E-state index contributed by atoms with van der Waals surface area (Å²) < 4.78 is 2.39. The van der Waals surface area contributed by atoms with Crippen LogP contribution in [0, 0.1) is 0 Å². The van der Waals surface area contributed by atoms with Crippen molar-refractivity contribution in [2.24, 2.45) is 0 Å². The quantitative estimate of drug-likeness (QED) is 0.866. The minimum absolute atomic E-state index is 0.642. The average molecular weight is 261 g/mol. The summed E-state index contributed by atoms with van der Waals surface area (Å²) >= 11 is 0. The van der Waals surface area contributed by atoms with Crippen molar-refractivity contribution in [3.8, 4) is 0 Å². The van der Waals surface area contributed by atoms with Crippen molar-refractivity contribution in [2.45, 2.75) is 82.7 Å². The van der Waals surface area contributed by atoms with E-state index in [1.165, 1.54) is 70.6 Å². The van der Waals surface area contributed by atoms with Gasteiger partial charge in [-0.25, -0.2) is 4.98 Å². The maximum Gasteiger partial charge on any atom is 0.203 e. The molecule has 2 saturated carbocycles. The summed E-state index contributed by atoms with van der Waals surface area (Å²) in [5.41, 5.74) is 0. The Morgan fingerprint density at radius 3 is 2.26 bits per heavy atom. The minimum atomic E-state index is 0.642. The minimum Gasteiger partial charge on any atom is -0.353 e. The summed E-state index contributed by atoms with van der Waals surface area (Å²) in [5.74, 6) is 1.12. The van der Waals surface area contributed by atoms with Crippen molar-refractivity contribution in [3.05, 3.63) is 12.4 Å². The van der Waals surface area contributed by atoms with Crippen molar-refractivity contribution in [1.29, 1.82) is 0 Å². The van der Waals surface area contributed by atoms with Gasteiger partial charge in [0.1, 0.15) is 0 Å². The van der Waals surface area contributed by atoms with Crippen molar-refractivity contribution >= 4 is 5.95 Å². The first-order valence-corrected chi connectivity index (χ1v) is 8.23. The molecule has 0 atom stereocenters. The van der Waals surface area contributed by atoms with E-state index in [-0.39, 0.29) is 0 Å². The van der Waals surface area contributed by atoms with Gasteiger partial charge in [0.2, 0.25) is 5.95 Å².